The first kappa shape index (κ1) is 13.3. The fourth-order valence-corrected chi connectivity index (χ4v) is 3.27. The Morgan fingerprint density at radius 2 is 2.09 bits per heavy atom. The summed E-state index contributed by atoms with van der Waals surface area (Å²) in [5.41, 5.74) is 4.01. The number of thiazole rings is 1. The number of benzene rings is 1. The largest absolute Gasteiger partial charge is 0.497 e. The van der Waals surface area contributed by atoms with Gasteiger partial charge < -0.3 is 4.74 Å². The van der Waals surface area contributed by atoms with Gasteiger partial charge in [0.05, 0.1) is 24.5 Å². The number of fused-ring (bicyclic) bond motifs is 2. The van der Waals surface area contributed by atoms with Crippen molar-refractivity contribution >= 4 is 40.5 Å². The van der Waals surface area contributed by atoms with Crippen LogP contribution < -0.4 is 10.2 Å². The summed E-state index contributed by atoms with van der Waals surface area (Å²) in [4.78, 5) is 9.19. The Kier molecular flexibility index (Phi) is 2.90. The zero-order valence-electron chi connectivity index (χ0n) is 12.1. The molecule has 4 aromatic rings. The number of imidazole rings is 1. The van der Waals surface area contributed by atoms with Gasteiger partial charge in [-0.1, -0.05) is 5.46 Å². The molecule has 106 valence electrons. The van der Waals surface area contributed by atoms with E-state index in [1.807, 2.05) is 31.3 Å². The van der Waals surface area contributed by atoms with E-state index < -0.39 is 0 Å². The average Bonchev–Trinajstić information content (AvgIpc) is 3.10. The number of hydrogen-bond acceptors (Lipinski definition) is 5. The fourth-order valence-electron chi connectivity index (χ4n) is 2.34. The number of hydrogen-bond donors (Lipinski definition) is 0. The van der Waals surface area contributed by atoms with E-state index in [2.05, 4.69) is 15.1 Å². The number of methoxy groups -OCH3 is 1. The van der Waals surface area contributed by atoms with Gasteiger partial charge in [-0.25, -0.2) is 14.5 Å². The molecule has 0 saturated heterocycles. The molecule has 0 aliphatic rings. The molecule has 0 saturated carbocycles. The second-order valence-electron chi connectivity index (χ2n) is 4.99. The Bertz CT molecular complexity index is 1010. The summed E-state index contributed by atoms with van der Waals surface area (Å²) in [6.45, 7) is 1.95. The predicted octanol–water partition coefficient (Wildman–Crippen LogP) is 2.12. The van der Waals surface area contributed by atoms with Crippen molar-refractivity contribution in [2.75, 3.05) is 7.11 Å². The van der Waals surface area contributed by atoms with E-state index in [-0.39, 0.29) is 0 Å². The monoisotopic (exact) mass is 306 g/mol. The van der Waals surface area contributed by atoms with E-state index in [9.17, 15) is 0 Å². The standard InChI is InChI=1S/C15H11BN4OS/c1-8-3-4-13-17-12(7-20(13)19-8)15-18-11-6-9(21-2)5-10(16)14(11)22-15/h3-7H,1-2H3. The Labute approximate surface area is 132 Å². The number of aryl methyl sites for hydroxylation is 1. The zero-order chi connectivity index (χ0) is 15.3. The van der Waals surface area contributed by atoms with E-state index in [1.54, 1.807) is 17.7 Å². The Morgan fingerprint density at radius 3 is 2.91 bits per heavy atom. The van der Waals surface area contributed by atoms with Crippen molar-refractivity contribution in [3.05, 3.63) is 36.2 Å². The third kappa shape index (κ3) is 2.05. The van der Waals surface area contributed by atoms with Crippen molar-refractivity contribution in [2.24, 2.45) is 0 Å². The van der Waals surface area contributed by atoms with Crippen LogP contribution in [0.4, 0.5) is 0 Å². The summed E-state index contributed by atoms with van der Waals surface area (Å²) in [7, 11) is 7.69. The van der Waals surface area contributed by atoms with Crippen molar-refractivity contribution in [2.45, 2.75) is 6.92 Å². The normalized spacial score (nSPS) is 11.4. The molecule has 7 heteroatoms. The second-order valence-corrected chi connectivity index (χ2v) is 5.99. The van der Waals surface area contributed by atoms with Gasteiger partial charge in [-0.2, -0.15) is 5.10 Å². The number of rotatable bonds is 2. The molecule has 0 aliphatic carbocycles. The molecule has 1 aromatic carbocycles. The van der Waals surface area contributed by atoms with E-state index in [4.69, 9.17) is 12.6 Å². The van der Waals surface area contributed by atoms with Crippen LogP contribution in [0.3, 0.4) is 0 Å². The molecule has 0 fully saturated rings. The quantitative estimate of drug-likeness (QED) is 0.532. The minimum Gasteiger partial charge on any atom is -0.497 e. The smallest absolute Gasteiger partial charge is 0.154 e. The molecular weight excluding hydrogens is 295 g/mol. The van der Waals surface area contributed by atoms with E-state index in [0.717, 1.165) is 32.3 Å². The first-order chi connectivity index (χ1) is 10.6. The van der Waals surface area contributed by atoms with Crippen LogP contribution in [0.2, 0.25) is 0 Å². The molecule has 0 amide bonds. The first-order valence-electron chi connectivity index (χ1n) is 6.71. The van der Waals surface area contributed by atoms with Gasteiger partial charge in [-0.05, 0) is 25.1 Å². The topological polar surface area (TPSA) is 52.3 Å². The highest BCUT2D eigenvalue weighted by molar-refractivity contribution is 7.22. The van der Waals surface area contributed by atoms with Crippen LogP contribution in [0.5, 0.6) is 5.75 Å². The maximum atomic E-state index is 6.07. The first-order valence-corrected chi connectivity index (χ1v) is 7.53. The lowest BCUT2D eigenvalue weighted by atomic mass is 9.96. The number of aromatic nitrogens is 4. The third-order valence-corrected chi connectivity index (χ3v) is 4.54. The molecule has 3 aromatic heterocycles. The third-order valence-electron chi connectivity index (χ3n) is 3.40. The molecule has 22 heavy (non-hydrogen) atoms. The molecule has 0 unspecified atom stereocenters. The van der Waals surface area contributed by atoms with Gasteiger partial charge in [0, 0.05) is 10.8 Å². The zero-order valence-corrected chi connectivity index (χ0v) is 12.9. The predicted molar refractivity (Wildman–Crippen MR) is 88.3 cm³/mol. The lowest BCUT2D eigenvalue weighted by Gasteiger charge is -2.01. The lowest BCUT2D eigenvalue weighted by Crippen LogP contribution is -2.02. The maximum absolute atomic E-state index is 6.07. The summed E-state index contributed by atoms with van der Waals surface area (Å²) in [6.07, 6.45) is 1.88. The van der Waals surface area contributed by atoms with Gasteiger partial charge in [0.1, 0.15) is 24.3 Å². The Balaban J connectivity index is 1.90. The minimum absolute atomic E-state index is 0.663. The molecule has 0 aliphatic heterocycles. The van der Waals surface area contributed by atoms with Crippen molar-refractivity contribution in [3.8, 4) is 16.5 Å². The summed E-state index contributed by atoms with van der Waals surface area (Å²) >= 11 is 1.52. The van der Waals surface area contributed by atoms with Gasteiger partial charge in [0.15, 0.2) is 5.65 Å². The van der Waals surface area contributed by atoms with Gasteiger partial charge >= 0.3 is 0 Å². The van der Waals surface area contributed by atoms with Crippen molar-refractivity contribution in [1.29, 1.82) is 0 Å². The summed E-state index contributed by atoms with van der Waals surface area (Å²) in [6, 6.07) is 7.56. The molecule has 0 N–H and O–H groups in total. The average molecular weight is 306 g/mol. The number of ether oxygens (including phenoxy) is 1. The number of nitrogens with zero attached hydrogens (tertiary/aromatic N) is 4. The van der Waals surface area contributed by atoms with Crippen LogP contribution in [0.15, 0.2) is 30.5 Å². The van der Waals surface area contributed by atoms with Gasteiger partial charge in [0.2, 0.25) is 0 Å². The van der Waals surface area contributed by atoms with Crippen LogP contribution in [-0.2, 0) is 0 Å². The van der Waals surface area contributed by atoms with Crippen LogP contribution >= 0.6 is 11.3 Å². The lowest BCUT2D eigenvalue weighted by molar-refractivity contribution is 0.415. The highest BCUT2D eigenvalue weighted by Crippen LogP contribution is 2.30. The SMILES string of the molecule is [B]c1cc(OC)cc2nc(-c3cn4nc(C)ccc4n3)sc12. The van der Waals surface area contributed by atoms with Gasteiger partial charge in [0.25, 0.3) is 0 Å². The van der Waals surface area contributed by atoms with Gasteiger partial charge in [-0.15, -0.1) is 11.3 Å². The molecule has 5 nitrogen and oxygen atoms in total. The molecule has 0 spiro atoms. The van der Waals surface area contributed by atoms with Crippen molar-refractivity contribution < 1.29 is 4.74 Å². The molecule has 0 bridgehead atoms. The molecule has 3 heterocycles. The highest BCUT2D eigenvalue weighted by Gasteiger charge is 2.13. The van der Waals surface area contributed by atoms with Crippen LogP contribution in [0.25, 0.3) is 26.6 Å². The van der Waals surface area contributed by atoms with Crippen LogP contribution in [-0.4, -0.2) is 34.5 Å². The van der Waals surface area contributed by atoms with E-state index in [0.29, 0.717) is 11.2 Å². The van der Waals surface area contributed by atoms with Crippen LogP contribution in [0.1, 0.15) is 5.69 Å². The van der Waals surface area contributed by atoms with E-state index in [1.165, 1.54) is 11.3 Å². The van der Waals surface area contributed by atoms with Crippen molar-refractivity contribution in [1.82, 2.24) is 19.6 Å². The van der Waals surface area contributed by atoms with Crippen LogP contribution in [0, 0.1) is 6.92 Å². The maximum Gasteiger partial charge on any atom is 0.154 e. The summed E-state index contributed by atoms with van der Waals surface area (Å²) in [5.74, 6) is 0.703. The molecule has 4 rings (SSSR count). The van der Waals surface area contributed by atoms with Crippen molar-refractivity contribution in [3.63, 3.8) is 0 Å². The molecule has 0 atom stereocenters. The Hall–Kier alpha value is -2.41. The van der Waals surface area contributed by atoms with Gasteiger partial charge in [-0.3, -0.25) is 0 Å². The van der Waals surface area contributed by atoms with E-state index >= 15 is 0 Å². The Morgan fingerprint density at radius 1 is 1.23 bits per heavy atom. The molecular formula is C15H11BN4OS. The minimum atomic E-state index is 0.663. The highest BCUT2D eigenvalue weighted by atomic mass is 32.1. The summed E-state index contributed by atoms with van der Waals surface area (Å²) < 4.78 is 7.94. The fraction of sp³-hybridized carbons (Fsp3) is 0.133. The molecule has 2 radical (unpaired) electrons. The summed E-state index contributed by atoms with van der Waals surface area (Å²) in [5, 5.41) is 5.22. The second kappa shape index (κ2) is 4.81.